The van der Waals surface area contributed by atoms with E-state index in [1.54, 1.807) is 4.90 Å². The summed E-state index contributed by atoms with van der Waals surface area (Å²) in [6, 6.07) is 11.1. The normalized spacial score (nSPS) is 23.5. The summed E-state index contributed by atoms with van der Waals surface area (Å²) in [6.45, 7) is 17.4. The third kappa shape index (κ3) is 13.6. The predicted octanol–water partition coefficient (Wildman–Crippen LogP) is 8.94. The maximum atomic E-state index is 11.9. The number of amides is 2. The summed E-state index contributed by atoms with van der Waals surface area (Å²) >= 11 is 0. The fraction of sp³-hybridized carbons (Fsp3) is 0.632. The molecule has 0 bridgehead atoms. The first-order chi connectivity index (χ1) is 20.1. The molecule has 1 aromatic rings. The lowest BCUT2D eigenvalue weighted by Crippen LogP contribution is -2.40. The van der Waals surface area contributed by atoms with E-state index in [1.165, 1.54) is 36.8 Å². The number of benzene rings is 1. The first-order valence-electron chi connectivity index (χ1n) is 16.7. The minimum atomic E-state index is 0.316. The van der Waals surface area contributed by atoms with Crippen LogP contribution in [-0.4, -0.2) is 36.3 Å². The Bertz CT molecular complexity index is 990. The molecule has 3 aliphatic rings. The second-order valence-corrected chi connectivity index (χ2v) is 13.7. The van der Waals surface area contributed by atoms with Crippen LogP contribution in [0.4, 0.5) is 0 Å². The molecule has 0 aromatic heterocycles. The molecule has 0 radical (unpaired) electrons. The average molecular weight is 577 g/mol. The van der Waals surface area contributed by atoms with E-state index in [0.717, 1.165) is 57.5 Å². The van der Waals surface area contributed by atoms with Gasteiger partial charge in [-0.1, -0.05) is 109 Å². The first-order valence-corrected chi connectivity index (χ1v) is 16.7. The molecule has 0 spiro atoms. The minimum absolute atomic E-state index is 0.316. The summed E-state index contributed by atoms with van der Waals surface area (Å²) in [6.07, 6.45) is 22.3. The topological polar surface area (TPSA) is 49.4 Å². The molecule has 4 rings (SSSR count). The largest absolute Gasteiger partial charge is 0.353 e. The van der Waals surface area contributed by atoms with Gasteiger partial charge in [0.1, 0.15) is 0 Å². The molecule has 0 saturated heterocycles. The van der Waals surface area contributed by atoms with Crippen molar-refractivity contribution in [3.05, 3.63) is 71.8 Å². The Hall–Kier alpha value is -2.62. The van der Waals surface area contributed by atoms with Crippen LogP contribution in [0.15, 0.2) is 66.3 Å². The van der Waals surface area contributed by atoms with Crippen LogP contribution in [-0.2, 0) is 16.0 Å². The van der Waals surface area contributed by atoms with E-state index in [1.807, 2.05) is 0 Å². The predicted molar refractivity (Wildman–Crippen MR) is 179 cm³/mol. The van der Waals surface area contributed by atoms with Gasteiger partial charge < -0.3 is 10.2 Å². The highest BCUT2D eigenvalue weighted by Gasteiger charge is 2.40. The number of rotatable bonds is 10. The molecule has 4 nitrogen and oxygen atoms in total. The summed E-state index contributed by atoms with van der Waals surface area (Å²) in [5.74, 6) is 2.69. The van der Waals surface area contributed by atoms with E-state index >= 15 is 0 Å². The van der Waals surface area contributed by atoms with Crippen LogP contribution < -0.4 is 5.32 Å². The van der Waals surface area contributed by atoms with Gasteiger partial charge in [0.25, 0.3) is 0 Å². The lowest BCUT2D eigenvalue weighted by atomic mass is 9.71. The van der Waals surface area contributed by atoms with Crippen molar-refractivity contribution < 1.29 is 9.59 Å². The number of nitrogens with one attached hydrogen (secondary N) is 1. The minimum Gasteiger partial charge on any atom is -0.353 e. The van der Waals surface area contributed by atoms with Gasteiger partial charge in [0.05, 0.1) is 0 Å². The first kappa shape index (κ1) is 35.6. The summed E-state index contributed by atoms with van der Waals surface area (Å²) in [5, 5.41) is 3.24. The molecule has 3 aliphatic carbocycles. The molecule has 2 saturated carbocycles. The zero-order valence-electron chi connectivity index (χ0n) is 27.8. The highest BCUT2D eigenvalue weighted by atomic mass is 16.2. The van der Waals surface area contributed by atoms with Crippen molar-refractivity contribution >= 4 is 12.3 Å². The van der Waals surface area contributed by atoms with Crippen LogP contribution >= 0.6 is 0 Å². The van der Waals surface area contributed by atoms with Gasteiger partial charge in [-0.25, -0.2) is 0 Å². The van der Waals surface area contributed by atoms with Crippen molar-refractivity contribution in [2.24, 2.45) is 29.1 Å². The van der Waals surface area contributed by atoms with E-state index in [9.17, 15) is 9.59 Å². The van der Waals surface area contributed by atoms with E-state index < -0.39 is 0 Å². The second kappa shape index (κ2) is 18.8. The van der Waals surface area contributed by atoms with Gasteiger partial charge in [-0.3, -0.25) is 9.59 Å². The van der Waals surface area contributed by atoms with Gasteiger partial charge in [-0.05, 0) is 92.1 Å². The van der Waals surface area contributed by atoms with Gasteiger partial charge in [-0.15, -0.1) is 0 Å². The van der Waals surface area contributed by atoms with Crippen LogP contribution in [0.25, 0.3) is 0 Å². The Morgan fingerprint density at radius 3 is 2.17 bits per heavy atom. The molecule has 1 N–H and O–H groups in total. The van der Waals surface area contributed by atoms with Crippen LogP contribution in [0.2, 0.25) is 0 Å². The van der Waals surface area contributed by atoms with Crippen molar-refractivity contribution in [1.82, 2.24) is 10.2 Å². The lowest BCUT2D eigenvalue weighted by molar-refractivity contribution is -0.123. The fourth-order valence-electron chi connectivity index (χ4n) is 5.90. The molecule has 2 amide bonds. The Morgan fingerprint density at radius 2 is 1.64 bits per heavy atom. The van der Waals surface area contributed by atoms with E-state index in [0.29, 0.717) is 35.1 Å². The summed E-state index contributed by atoms with van der Waals surface area (Å²) in [4.78, 5) is 23.9. The standard InChI is InChI=1S/C16H18.C15H27NO.C7H15NO/c1-14(13-15-9-5-4-6-10-15)16-11-7-2-3-8-12-16;1-10-9-13(10)14(17)16-12-7-5-11(6-8-12)15(2,3)4;1-3-5-8(7-9)6-4-2/h2,4-12,14H,3,13H2,1H3;10-13H,5-9H2,1-4H3,(H,16,17);7H,3-6H2,1-2H3. The van der Waals surface area contributed by atoms with Gasteiger partial charge in [-0.2, -0.15) is 0 Å². The zero-order chi connectivity index (χ0) is 31.0. The summed E-state index contributed by atoms with van der Waals surface area (Å²) < 4.78 is 0. The van der Waals surface area contributed by atoms with Crippen molar-refractivity contribution in [3.63, 3.8) is 0 Å². The number of hydrogen-bond acceptors (Lipinski definition) is 2. The highest BCUT2D eigenvalue weighted by molar-refractivity contribution is 5.81. The number of carbonyl (C=O) groups is 2. The molecule has 3 unspecified atom stereocenters. The molecule has 0 aliphatic heterocycles. The third-order valence-electron chi connectivity index (χ3n) is 8.88. The van der Waals surface area contributed by atoms with E-state index in [4.69, 9.17) is 0 Å². The smallest absolute Gasteiger partial charge is 0.223 e. The third-order valence-corrected chi connectivity index (χ3v) is 8.88. The van der Waals surface area contributed by atoms with Gasteiger partial charge in [0, 0.05) is 25.0 Å². The number of hydrogen-bond donors (Lipinski definition) is 1. The van der Waals surface area contributed by atoms with Crippen LogP contribution in [0.5, 0.6) is 0 Å². The molecular formula is C38H60N2O2. The maximum Gasteiger partial charge on any atom is 0.223 e. The van der Waals surface area contributed by atoms with Crippen LogP contribution in [0, 0.1) is 29.1 Å². The lowest BCUT2D eigenvalue weighted by Gasteiger charge is -2.37. The van der Waals surface area contributed by atoms with Crippen molar-refractivity contribution in [1.29, 1.82) is 0 Å². The highest BCUT2D eigenvalue weighted by Crippen LogP contribution is 2.40. The van der Waals surface area contributed by atoms with Crippen LogP contribution in [0.1, 0.15) is 105 Å². The summed E-state index contributed by atoms with van der Waals surface area (Å²) in [5.41, 5.74) is 3.27. The van der Waals surface area contributed by atoms with Gasteiger partial charge >= 0.3 is 0 Å². The van der Waals surface area contributed by atoms with Crippen molar-refractivity contribution in [3.8, 4) is 0 Å². The van der Waals surface area contributed by atoms with E-state index in [-0.39, 0.29) is 0 Å². The Balaban J connectivity index is 0.000000232. The number of nitrogens with zero attached hydrogens (tertiary/aromatic N) is 1. The average Bonchev–Trinajstić information content (AvgIpc) is 3.76. The van der Waals surface area contributed by atoms with Crippen molar-refractivity contribution in [2.75, 3.05) is 13.1 Å². The molecule has 2 fully saturated rings. The van der Waals surface area contributed by atoms with Gasteiger partial charge in [0.15, 0.2) is 0 Å². The van der Waals surface area contributed by atoms with E-state index in [2.05, 4.69) is 114 Å². The SMILES string of the molecule is CC(Cc1ccccc1)C1=CC=CCC=C1.CC1CC1C(=O)NC1CCC(C(C)(C)C)CC1.CCCN(C=O)CCC. The fourth-order valence-corrected chi connectivity index (χ4v) is 5.90. The zero-order valence-corrected chi connectivity index (χ0v) is 27.8. The molecule has 234 valence electrons. The number of allylic oxidation sites excluding steroid dienone is 6. The summed E-state index contributed by atoms with van der Waals surface area (Å²) in [7, 11) is 0. The molecule has 1 aromatic carbocycles. The quantitative estimate of drug-likeness (QED) is 0.283. The number of carbonyl (C=O) groups excluding carboxylic acids is 2. The second-order valence-electron chi connectivity index (χ2n) is 13.7. The Kier molecular flexibility index (Phi) is 15.9. The molecular weight excluding hydrogens is 516 g/mol. The van der Waals surface area contributed by atoms with Gasteiger partial charge in [0.2, 0.25) is 12.3 Å². The maximum absolute atomic E-state index is 11.9. The Morgan fingerprint density at radius 1 is 1.02 bits per heavy atom. The molecule has 42 heavy (non-hydrogen) atoms. The molecule has 4 heteroatoms. The van der Waals surface area contributed by atoms with Crippen LogP contribution in [0.3, 0.4) is 0 Å². The monoisotopic (exact) mass is 576 g/mol. The molecule has 0 heterocycles. The molecule has 3 atom stereocenters. The van der Waals surface area contributed by atoms with Crippen molar-refractivity contribution in [2.45, 2.75) is 112 Å². The Labute approximate surface area is 258 Å².